The first kappa shape index (κ1) is 8.54. The van der Waals surface area contributed by atoms with Gasteiger partial charge in [0.25, 0.3) is 0 Å². The number of ether oxygens (including phenoxy) is 1. The fraction of sp³-hybridized carbons (Fsp3) is 0.600. The molecule has 1 nitrogen and oxygen atoms in total. The highest BCUT2D eigenvalue weighted by Gasteiger charge is 2.33. The van der Waals surface area contributed by atoms with Crippen LogP contribution in [0.3, 0.4) is 0 Å². The van der Waals surface area contributed by atoms with Crippen LogP contribution in [0.2, 0.25) is 0 Å². The van der Waals surface area contributed by atoms with Gasteiger partial charge in [-0.1, -0.05) is 18.2 Å². The van der Waals surface area contributed by atoms with Crippen LogP contribution < -0.4 is 0 Å². The summed E-state index contributed by atoms with van der Waals surface area (Å²) in [6, 6.07) is 0. The standard InChI is InChI=1S/C10H16O/c1-5-10(4)7-6-9(11-10)8(2)3/h5,9H,1-2,6-7H2,3-4H3/t9-,10+/m1/s1. The van der Waals surface area contributed by atoms with Gasteiger partial charge in [0, 0.05) is 0 Å². The summed E-state index contributed by atoms with van der Waals surface area (Å²) in [6.45, 7) is 11.7. The Hall–Kier alpha value is -0.560. The molecule has 0 amide bonds. The zero-order chi connectivity index (χ0) is 8.48. The lowest BCUT2D eigenvalue weighted by atomic mass is 10.0. The maximum Gasteiger partial charge on any atom is 0.0841 e. The second kappa shape index (κ2) is 2.82. The van der Waals surface area contributed by atoms with Gasteiger partial charge in [-0.2, -0.15) is 0 Å². The molecule has 0 unspecified atom stereocenters. The minimum Gasteiger partial charge on any atom is -0.364 e. The first-order chi connectivity index (χ1) is 5.07. The molecule has 0 saturated carbocycles. The van der Waals surface area contributed by atoms with E-state index < -0.39 is 0 Å². The fourth-order valence-corrected chi connectivity index (χ4v) is 1.36. The summed E-state index contributed by atoms with van der Waals surface area (Å²) in [5.41, 5.74) is 1.01. The van der Waals surface area contributed by atoms with E-state index in [1.807, 2.05) is 13.0 Å². The monoisotopic (exact) mass is 152 g/mol. The molecule has 1 aliphatic heterocycles. The molecule has 2 atom stereocenters. The summed E-state index contributed by atoms with van der Waals surface area (Å²) in [4.78, 5) is 0. The quantitative estimate of drug-likeness (QED) is 0.553. The highest BCUT2D eigenvalue weighted by Crippen LogP contribution is 2.33. The lowest BCUT2D eigenvalue weighted by Gasteiger charge is -2.20. The Kier molecular flexibility index (Phi) is 2.19. The Bertz CT molecular complexity index is 183. The summed E-state index contributed by atoms with van der Waals surface area (Å²) in [5, 5.41) is 0. The van der Waals surface area contributed by atoms with Gasteiger partial charge in [0.05, 0.1) is 11.7 Å². The van der Waals surface area contributed by atoms with Crippen molar-refractivity contribution in [1.29, 1.82) is 0 Å². The molecular formula is C10H16O. The molecule has 0 aliphatic carbocycles. The number of hydrogen-bond donors (Lipinski definition) is 0. The fourth-order valence-electron chi connectivity index (χ4n) is 1.36. The van der Waals surface area contributed by atoms with Crippen LogP contribution in [0.4, 0.5) is 0 Å². The van der Waals surface area contributed by atoms with Crippen molar-refractivity contribution in [2.45, 2.75) is 38.4 Å². The van der Waals surface area contributed by atoms with Crippen molar-refractivity contribution in [2.24, 2.45) is 0 Å². The van der Waals surface area contributed by atoms with E-state index in [4.69, 9.17) is 4.74 Å². The van der Waals surface area contributed by atoms with Crippen LogP contribution in [0.15, 0.2) is 24.8 Å². The molecule has 0 radical (unpaired) electrons. The number of rotatable bonds is 2. The Labute approximate surface area is 68.8 Å². The van der Waals surface area contributed by atoms with Crippen molar-refractivity contribution >= 4 is 0 Å². The van der Waals surface area contributed by atoms with E-state index in [0.29, 0.717) is 0 Å². The van der Waals surface area contributed by atoms with Crippen molar-refractivity contribution in [3.8, 4) is 0 Å². The van der Waals surface area contributed by atoms with Crippen LogP contribution in [-0.4, -0.2) is 11.7 Å². The van der Waals surface area contributed by atoms with Crippen LogP contribution in [0.1, 0.15) is 26.7 Å². The largest absolute Gasteiger partial charge is 0.364 e. The summed E-state index contributed by atoms with van der Waals surface area (Å²) in [5.74, 6) is 0. The SMILES string of the molecule is C=C[C@@]1(C)CC[C@H](C(=C)C)O1. The van der Waals surface area contributed by atoms with Crippen LogP contribution in [0.5, 0.6) is 0 Å². The smallest absolute Gasteiger partial charge is 0.0841 e. The minimum absolute atomic E-state index is 0.108. The lowest BCUT2D eigenvalue weighted by Crippen LogP contribution is -2.21. The van der Waals surface area contributed by atoms with Gasteiger partial charge in [0.2, 0.25) is 0 Å². The first-order valence-electron chi connectivity index (χ1n) is 4.04. The molecule has 1 saturated heterocycles. The predicted molar refractivity (Wildman–Crippen MR) is 47.5 cm³/mol. The van der Waals surface area contributed by atoms with Gasteiger partial charge < -0.3 is 4.74 Å². The van der Waals surface area contributed by atoms with Crippen LogP contribution >= 0.6 is 0 Å². The summed E-state index contributed by atoms with van der Waals surface area (Å²) < 4.78 is 5.74. The van der Waals surface area contributed by atoms with Gasteiger partial charge in [0.1, 0.15) is 0 Å². The highest BCUT2D eigenvalue weighted by atomic mass is 16.5. The van der Waals surface area contributed by atoms with Crippen molar-refractivity contribution in [3.63, 3.8) is 0 Å². The van der Waals surface area contributed by atoms with E-state index in [-0.39, 0.29) is 11.7 Å². The molecule has 1 heteroatoms. The average molecular weight is 152 g/mol. The molecule has 1 aliphatic rings. The van der Waals surface area contributed by atoms with Gasteiger partial charge in [-0.25, -0.2) is 0 Å². The zero-order valence-electron chi connectivity index (χ0n) is 7.39. The third-order valence-corrected chi connectivity index (χ3v) is 2.30. The van der Waals surface area contributed by atoms with Crippen molar-refractivity contribution in [1.82, 2.24) is 0 Å². The molecular weight excluding hydrogens is 136 g/mol. The Morgan fingerprint density at radius 1 is 1.73 bits per heavy atom. The topological polar surface area (TPSA) is 9.23 Å². The lowest BCUT2D eigenvalue weighted by molar-refractivity contribution is 0.0224. The molecule has 1 rings (SSSR count). The third kappa shape index (κ3) is 1.72. The number of hydrogen-bond acceptors (Lipinski definition) is 1. The molecule has 62 valence electrons. The minimum atomic E-state index is -0.108. The van der Waals surface area contributed by atoms with E-state index in [0.717, 1.165) is 18.4 Å². The molecule has 0 N–H and O–H groups in total. The second-order valence-corrected chi connectivity index (χ2v) is 3.51. The van der Waals surface area contributed by atoms with Crippen molar-refractivity contribution in [2.75, 3.05) is 0 Å². The van der Waals surface area contributed by atoms with Crippen LogP contribution in [0.25, 0.3) is 0 Å². The molecule has 0 bridgehead atoms. The molecule has 0 aromatic heterocycles. The van der Waals surface area contributed by atoms with Gasteiger partial charge in [-0.15, -0.1) is 6.58 Å². The zero-order valence-corrected chi connectivity index (χ0v) is 7.39. The van der Waals surface area contributed by atoms with E-state index in [2.05, 4.69) is 20.1 Å². The third-order valence-electron chi connectivity index (χ3n) is 2.30. The van der Waals surface area contributed by atoms with E-state index >= 15 is 0 Å². The maximum atomic E-state index is 5.74. The van der Waals surface area contributed by atoms with E-state index in [1.165, 1.54) is 0 Å². The van der Waals surface area contributed by atoms with E-state index in [9.17, 15) is 0 Å². The molecule has 1 fully saturated rings. The highest BCUT2D eigenvalue weighted by molar-refractivity contribution is 5.07. The van der Waals surface area contributed by atoms with Crippen LogP contribution in [-0.2, 0) is 4.74 Å². The van der Waals surface area contributed by atoms with Crippen molar-refractivity contribution in [3.05, 3.63) is 24.8 Å². The Morgan fingerprint density at radius 3 is 2.64 bits per heavy atom. The second-order valence-electron chi connectivity index (χ2n) is 3.51. The van der Waals surface area contributed by atoms with Gasteiger partial charge in [-0.05, 0) is 26.7 Å². The van der Waals surface area contributed by atoms with Crippen LogP contribution in [0, 0.1) is 0 Å². The maximum absolute atomic E-state index is 5.74. The Morgan fingerprint density at radius 2 is 2.36 bits per heavy atom. The molecule has 0 spiro atoms. The Balaban J connectivity index is 2.59. The summed E-state index contributed by atoms with van der Waals surface area (Å²) in [7, 11) is 0. The first-order valence-corrected chi connectivity index (χ1v) is 4.04. The average Bonchev–Trinajstić information content (AvgIpc) is 2.33. The normalized spacial score (nSPS) is 37.1. The summed E-state index contributed by atoms with van der Waals surface area (Å²) in [6.07, 6.45) is 4.28. The van der Waals surface area contributed by atoms with Gasteiger partial charge in [-0.3, -0.25) is 0 Å². The summed E-state index contributed by atoms with van der Waals surface area (Å²) >= 11 is 0. The molecule has 0 aromatic rings. The van der Waals surface area contributed by atoms with Gasteiger partial charge >= 0.3 is 0 Å². The van der Waals surface area contributed by atoms with E-state index in [1.54, 1.807) is 0 Å². The molecule has 1 heterocycles. The van der Waals surface area contributed by atoms with Crippen molar-refractivity contribution < 1.29 is 4.74 Å². The predicted octanol–water partition coefficient (Wildman–Crippen LogP) is 2.69. The molecule has 0 aromatic carbocycles. The van der Waals surface area contributed by atoms with Gasteiger partial charge in [0.15, 0.2) is 0 Å². The molecule has 11 heavy (non-hydrogen) atoms.